The van der Waals surface area contributed by atoms with Crippen LogP contribution in [0.3, 0.4) is 0 Å². The van der Waals surface area contributed by atoms with Gasteiger partial charge in [-0.15, -0.1) is 0 Å². The van der Waals surface area contributed by atoms with Gasteiger partial charge in [0.1, 0.15) is 0 Å². The maximum absolute atomic E-state index is 11.8. The van der Waals surface area contributed by atoms with Gasteiger partial charge in [-0.3, -0.25) is 4.79 Å². The van der Waals surface area contributed by atoms with Crippen molar-refractivity contribution < 1.29 is 4.79 Å². The summed E-state index contributed by atoms with van der Waals surface area (Å²) in [6, 6.07) is 0. The van der Waals surface area contributed by atoms with E-state index in [1.165, 1.54) is 0 Å². The quantitative estimate of drug-likeness (QED) is 0.734. The summed E-state index contributed by atoms with van der Waals surface area (Å²) in [6.07, 6.45) is 9.62. The molecule has 100 valence electrons. The van der Waals surface area contributed by atoms with Gasteiger partial charge in [0, 0.05) is 31.4 Å². The Bertz CT molecular complexity index is 344. The number of hydrogen-bond donors (Lipinski definition) is 2. The second-order valence-electron chi connectivity index (χ2n) is 4.82. The van der Waals surface area contributed by atoms with E-state index in [4.69, 9.17) is 0 Å². The van der Waals surface area contributed by atoms with Crippen molar-refractivity contribution in [2.75, 3.05) is 19.6 Å². The molecule has 0 aromatic carbocycles. The van der Waals surface area contributed by atoms with Gasteiger partial charge in [0.25, 0.3) is 0 Å². The number of unbranched alkanes of at least 4 members (excludes halogenated alkanes) is 1. The highest BCUT2D eigenvalue weighted by Gasteiger charge is 2.19. The van der Waals surface area contributed by atoms with Crippen LogP contribution in [0.4, 0.5) is 0 Å². The standard InChI is InChI=1S/C13H22N4O/c18-13(12-3-6-14-7-4-12)16-5-1-2-9-17-10-8-15-11-17/h8,10-12,14H,1-7,9H2,(H,16,18). The minimum Gasteiger partial charge on any atom is -0.356 e. The molecular formula is C13H22N4O. The van der Waals surface area contributed by atoms with Gasteiger partial charge in [0.2, 0.25) is 5.91 Å². The Morgan fingerprint density at radius 2 is 2.22 bits per heavy atom. The lowest BCUT2D eigenvalue weighted by Crippen LogP contribution is -2.38. The van der Waals surface area contributed by atoms with E-state index in [9.17, 15) is 4.79 Å². The summed E-state index contributed by atoms with van der Waals surface area (Å²) in [6.45, 7) is 3.71. The van der Waals surface area contributed by atoms with Gasteiger partial charge in [0.15, 0.2) is 0 Å². The molecule has 0 atom stereocenters. The highest BCUT2D eigenvalue weighted by atomic mass is 16.1. The monoisotopic (exact) mass is 250 g/mol. The average Bonchev–Trinajstić information content (AvgIpc) is 2.92. The minimum absolute atomic E-state index is 0.222. The molecule has 5 nitrogen and oxygen atoms in total. The molecule has 1 aromatic heterocycles. The van der Waals surface area contributed by atoms with Crippen LogP contribution in [0.5, 0.6) is 0 Å². The van der Waals surface area contributed by atoms with Gasteiger partial charge in [-0.2, -0.15) is 0 Å². The Morgan fingerprint density at radius 3 is 2.94 bits per heavy atom. The molecule has 1 aromatic rings. The Kier molecular flexibility index (Phi) is 5.20. The number of nitrogens with zero attached hydrogens (tertiary/aromatic N) is 2. The molecule has 2 rings (SSSR count). The molecule has 1 aliphatic rings. The molecule has 2 N–H and O–H groups in total. The van der Waals surface area contributed by atoms with E-state index in [-0.39, 0.29) is 11.8 Å². The maximum Gasteiger partial charge on any atom is 0.223 e. The molecule has 1 saturated heterocycles. The van der Waals surface area contributed by atoms with Crippen LogP contribution >= 0.6 is 0 Å². The summed E-state index contributed by atoms with van der Waals surface area (Å²) >= 11 is 0. The lowest BCUT2D eigenvalue weighted by atomic mass is 9.97. The van der Waals surface area contributed by atoms with Crippen molar-refractivity contribution in [3.8, 4) is 0 Å². The second-order valence-corrected chi connectivity index (χ2v) is 4.82. The van der Waals surface area contributed by atoms with Gasteiger partial charge in [0.05, 0.1) is 6.33 Å². The molecular weight excluding hydrogens is 228 g/mol. The lowest BCUT2D eigenvalue weighted by molar-refractivity contribution is -0.125. The fraction of sp³-hybridized carbons (Fsp3) is 0.692. The van der Waals surface area contributed by atoms with Crippen LogP contribution in [-0.4, -0.2) is 35.1 Å². The van der Waals surface area contributed by atoms with Crippen LogP contribution in [0.2, 0.25) is 0 Å². The third-order valence-corrected chi connectivity index (χ3v) is 3.41. The number of rotatable bonds is 6. The Labute approximate surface area is 108 Å². The molecule has 0 aliphatic carbocycles. The van der Waals surface area contributed by atoms with Gasteiger partial charge in [-0.05, 0) is 38.8 Å². The number of nitrogens with one attached hydrogen (secondary N) is 2. The lowest BCUT2D eigenvalue weighted by Gasteiger charge is -2.21. The molecule has 2 heterocycles. The van der Waals surface area contributed by atoms with Crippen molar-refractivity contribution in [2.24, 2.45) is 5.92 Å². The second kappa shape index (κ2) is 7.16. The number of amides is 1. The Hall–Kier alpha value is -1.36. The molecule has 18 heavy (non-hydrogen) atoms. The van der Waals surface area contributed by atoms with Crippen LogP contribution in [-0.2, 0) is 11.3 Å². The normalized spacial score (nSPS) is 16.7. The third kappa shape index (κ3) is 4.14. The summed E-state index contributed by atoms with van der Waals surface area (Å²) in [7, 11) is 0. The molecule has 5 heteroatoms. The zero-order valence-electron chi connectivity index (χ0n) is 10.8. The largest absolute Gasteiger partial charge is 0.356 e. The SMILES string of the molecule is O=C(NCCCCn1ccnc1)C1CCNCC1. The van der Waals surface area contributed by atoms with Crippen molar-refractivity contribution in [1.29, 1.82) is 0 Å². The van der Waals surface area contributed by atoms with Crippen LogP contribution in [0, 0.1) is 5.92 Å². The van der Waals surface area contributed by atoms with Crippen LogP contribution in [0.1, 0.15) is 25.7 Å². The first-order valence-corrected chi connectivity index (χ1v) is 6.80. The summed E-state index contributed by atoms with van der Waals surface area (Å²) in [5.41, 5.74) is 0. The molecule has 1 fully saturated rings. The fourth-order valence-electron chi connectivity index (χ4n) is 2.28. The van der Waals surface area contributed by atoms with E-state index in [0.717, 1.165) is 51.9 Å². The number of piperidine rings is 1. The Morgan fingerprint density at radius 1 is 1.39 bits per heavy atom. The van der Waals surface area contributed by atoms with Crippen molar-refractivity contribution in [2.45, 2.75) is 32.2 Å². The van der Waals surface area contributed by atoms with Crippen molar-refractivity contribution in [3.63, 3.8) is 0 Å². The summed E-state index contributed by atoms with van der Waals surface area (Å²) < 4.78 is 2.06. The minimum atomic E-state index is 0.222. The first-order valence-electron chi connectivity index (χ1n) is 6.80. The summed E-state index contributed by atoms with van der Waals surface area (Å²) in [4.78, 5) is 15.8. The van der Waals surface area contributed by atoms with Gasteiger partial charge >= 0.3 is 0 Å². The first kappa shape index (κ1) is 13.1. The molecule has 0 saturated carbocycles. The highest BCUT2D eigenvalue weighted by Crippen LogP contribution is 2.11. The number of aryl methyl sites for hydroxylation is 1. The summed E-state index contributed by atoms with van der Waals surface area (Å²) in [5, 5.41) is 6.31. The number of carbonyl (C=O) groups is 1. The average molecular weight is 250 g/mol. The zero-order chi connectivity index (χ0) is 12.6. The van der Waals surface area contributed by atoms with E-state index in [1.807, 2.05) is 12.5 Å². The van der Waals surface area contributed by atoms with E-state index in [1.54, 1.807) is 6.20 Å². The van der Waals surface area contributed by atoms with Gasteiger partial charge < -0.3 is 15.2 Å². The zero-order valence-corrected chi connectivity index (χ0v) is 10.8. The highest BCUT2D eigenvalue weighted by molar-refractivity contribution is 5.78. The number of imidazole rings is 1. The topological polar surface area (TPSA) is 59.0 Å². The molecule has 0 spiro atoms. The van der Waals surface area contributed by atoms with Crippen LogP contribution < -0.4 is 10.6 Å². The van der Waals surface area contributed by atoms with Crippen LogP contribution in [0.15, 0.2) is 18.7 Å². The molecule has 1 amide bonds. The number of aromatic nitrogens is 2. The van der Waals surface area contributed by atoms with E-state index >= 15 is 0 Å². The van der Waals surface area contributed by atoms with E-state index in [2.05, 4.69) is 20.2 Å². The van der Waals surface area contributed by atoms with Gasteiger partial charge in [-0.25, -0.2) is 4.98 Å². The number of hydrogen-bond acceptors (Lipinski definition) is 3. The summed E-state index contributed by atoms with van der Waals surface area (Å²) in [5.74, 6) is 0.457. The predicted octanol–water partition coefficient (Wildman–Crippen LogP) is 0.779. The van der Waals surface area contributed by atoms with E-state index in [0.29, 0.717) is 0 Å². The first-order chi connectivity index (χ1) is 8.86. The number of carbonyl (C=O) groups excluding carboxylic acids is 1. The fourth-order valence-corrected chi connectivity index (χ4v) is 2.28. The van der Waals surface area contributed by atoms with Gasteiger partial charge in [-0.1, -0.05) is 0 Å². The van der Waals surface area contributed by atoms with Crippen LogP contribution in [0.25, 0.3) is 0 Å². The van der Waals surface area contributed by atoms with Crippen molar-refractivity contribution in [1.82, 2.24) is 20.2 Å². The molecule has 0 unspecified atom stereocenters. The smallest absolute Gasteiger partial charge is 0.223 e. The molecule has 0 radical (unpaired) electrons. The van der Waals surface area contributed by atoms with E-state index < -0.39 is 0 Å². The third-order valence-electron chi connectivity index (χ3n) is 3.41. The van der Waals surface area contributed by atoms with Crippen molar-refractivity contribution in [3.05, 3.63) is 18.7 Å². The van der Waals surface area contributed by atoms with Crippen molar-refractivity contribution >= 4 is 5.91 Å². The molecule has 1 aliphatic heterocycles. The Balaban J connectivity index is 1.53. The predicted molar refractivity (Wildman–Crippen MR) is 70.1 cm³/mol. The molecule has 0 bridgehead atoms. The maximum atomic E-state index is 11.8.